The SMILES string of the molecule is COC(=O)CCNC(=O)CN1CCc2[nH]c3ccc(Cl)cc3c2C1. The summed E-state index contributed by atoms with van der Waals surface area (Å²) < 4.78 is 4.55. The number of hydrogen-bond acceptors (Lipinski definition) is 4. The van der Waals surface area contributed by atoms with E-state index in [9.17, 15) is 9.59 Å². The van der Waals surface area contributed by atoms with Crippen molar-refractivity contribution >= 4 is 34.4 Å². The summed E-state index contributed by atoms with van der Waals surface area (Å²) in [5.41, 5.74) is 3.50. The van der Waals surface area contributed by atoms with Gasteiger partial charge in [-0.1, -0.05) is 11.6 Å². The van der Waals surface area contributed by atoms with E-state index in [1.54, 1.807) is 0 Å². The van der Waals surface area contributed by atoms with Gasteiger partial charge in [0, 0.05) is 47.7 Å². The van der Waals surface area contributed by atoms with E-state index in [0.717, 1.165) is 23.9 Å². The minimum atomic E-state index is -0.325. The molecule has 0 radical (unpaired) electrons. The third-order valence-corrected chi connectivity index (χ3v) is 4.50. The van der Waals surface area contributed by atoms with Crippen LogP contribution in [0.5, 0.6) is 0 Å². The second-order valence-corrected chi connectivity index (χ2v) is 6.35. The summed E-state index contributed by atoms with van der Waals surface area (Å²) in [5, 5.41) is 4.58. The standard InChI is InChI=1S/C17H20ClN3O3/c1-24-17(23)4-6-19-16(22)10-21-7-5-15-13(9-21)12-8-11(18)2-3-14(12)20-15/h2-3,8,20H,4-7,9-10H2,1H3,(H,19,22). The fraction of sp³-hybridized carbons (Fsp3) is 0.412. The molecule has 2 N–H and O–H groups in total. The first kappa shape index (κ1) is 16.8. The predicted octanol–water partition coefficient (Wildman–Crippen LogP) is 1.86. The summed E-state index contributed by atoms with van der Waals surface area (Å²) >= 11 is 6.10. The molecule has 1 aromatic heterocycles. The molecule has 1 aliphatic heterocycles. The Balaban J connectivity index is 1.60. The van der Waals surface area contributed by atoms with Crippen LogP contribution in [0.1, 0.15) is 17.7 Å². The number of nitrogens with one attached hydrogen (secondary N) is 2. The molecule has 0 fully saturated rings. The first-order valence-corrected chi connectivity index (χ1v) is 8.29. The Kier molecular flexibility index (Phi) is 5.06. The molecule has 24 heavy (non-hydrogen) atoms. The van der Waals surface area contributed by atoms with Crippen LogP contribution < -0.4 is 5.32 Å². The third kappa shape index (κ3) is 3.71. The number of ether oxygens (including phenoxy) is 1. The van der Waals surface area contributed by atoms with Crippen LogP contribution >= 0.6 is 11.6 Å². The molecule has 3 rings (SSSR count). The van der Waals surface area contributed by atoms with Gasteiger partial charge in [0.15, 0.2) is 0 Å². The van der Waals surface area contributed by atoms with Crippen molar-refractivity contribution in [2.45, 2.75) is 19.4 Å². The van der Waals surface area contributed by atoms with Crippen LogP contribution in [0.4, 0.5) is 0 Å². The molecule has 2 aromatic rings. The summed E-state index contributed by atoms with van der Waals surface area (Å²) in [4.78, 5) is 28.6. The lowest BCUT2D eigenvalue weighted by Crippen LogP contribution is -2.40. The number of nitrogens with zero attached hydrogens (tertiary/aromatic N) is 1. The number of carbonyl (C=O) groups excluding carboxylic acids is 2. The van der Waals surface area contributed by atoms with E-state index in [1.807, 2.05) is 18.2 Å². The highest BCUT2D eigenvalue weighted by atomic mass is 35.5. The maximum atomic E-state index is 12.0. The largest absolute Gasteiger partial charge is 0.469 e. The zero-order valence-corrected chi connectivity index (χ0v) is 14.3. The minimum absolute atomic E-state index is 0.0831. The van der Waals surface area contributed by atoms with Crippen molar-refractivity contribution in [1.29, 1.82) is 0 Å². The zero-order chi connectivity index (χ0) is 17.1. The van der Waals surface area contributed by atoms with E-state index in [1.165, 1.54) is 18.4 Å². The lowest BCUT2D eigenvalue weighted by atomic mass is 10.0. The molecular weight excluding hydrogens is 330 g/mol. The van der Waals surface area contributed by atoms with Crippen LogP contribution in [0, 0.1) is 0 Å². The molecule has 1 aliphatic rings. The Morgan fingerprint density at radius 1 is 1.42 bits per heavy atom. The highest BCUT2D eigenvalue weighted by Crippen LogP contribution is 2.29. The first-order valence-electron chi connectivity index (χ1n) is 7.91. The molecule has 1 amide bonds. The summed E-state index contributed by atoms with van der Waals surface area (Å²) in [6.45, 7) is 2.14. The lowest BCUT2D eigenvalue weighted by molar-refractivity contribution is -0.140. The lowest BCUT2D eigenvalue weighted by Gasteiger charge is -2.26. The molecule has 128 valence electrons. The van der Waals surface area contributed by atoms with E-state index < -0.39 is 0 Å². The van der Waals surface area contributed by atoms with Gasteiger partial charge in [-0.05, 0) is 23.8 Å². The van der Waals surface area contributed by atoms with Gasteiger partial charge in [-0.15, -0.1) is 0 Å². The summed E-state index contributed by atoms with van der Waals surface area (Å²) in [6.07, 6.45) is 1.06. The molecular formula is C17H20ClN3O3. The number of rotatable bonds is 5. The van der Waals surface area contributed by atoms with Crippen molar-refractivity contribution in [2.24, 2.45) is 0 Å². The number of H-pyrrole nitrogens is 1. The van der Waals surface area contributed by atoms with Crippen molar-refractivity contribution in [2.75, 3.05) is 26.7 Å². The molecule has 2 heterocycles. The molecule has 0 bridgehead atoms. The number of halogens is 1. The van der Waals surface area contributed by atoms with Gasteiger partial charge in [-0.25, -0.2) is 0 Å². The third-order valence-electron chi connectivity index (χ3n) is 4.26. The van der Waals surface area contributed by atoms with Gasteiger partial charge in [-0.3, -0.25) is 14.5 Å². The van der Waals surface area contributed by atoms with Crippen molar-refractivity contribution in [3.05, 3.63) is 34.5 Å². The number of amides is 1. The van der Waals surface area contributed by atoms with Crippen LogP contribution in [0.3, 0.4) is 0 Å². The molecule has 6 nitrogen and oxygen atoms in total. The van der Waals surface area contributed by atoms with Crippen molar-refractivity contribution in [3.8, 4) is 0 Å². The van der Waals surface area contributed by atoms with E-state index in [-0.39, 0.29) is 18.3 Å². The van der Waals surface area contributed by atoms with E-state index in [2.05, 4.69) is 19.9 Å². The Morgan fingerprint density at radius 2 is 2.25 bits per heavy atom. The van der Waals surface area contributed by atoms with Crippen LogP contribution in [0.25, 0.3) is 10.9 Å². The second kappa shape index (κ2) is 7.23. The zero-order valence-electron chi connectivity index (χ0n) is 13.5. The highest BCUT2D eigenvalue weighted by molar-refractivity contribution is 6.31. The van der Waals surface area contributed by atoms with Crippen molar-refractivity contribution in [3.63, 3.8) is 0 Å². The predicted molar refractivity (Wildman–Crippen MR) is 91.9 cm³/mol. The molecule has 0 spiro atoms. The average Bonchev–Trinajstić information content (AvgIpc) is 2.92. The van der Waals surface area contributed by atoms with Gasteiger partial charge in [0.25, 0.3) is 0 Å². The van der Waals surface area contributed by atoms with Gasteiger partial charge in [0.05, 0.1) is 20.1 Å². The fourth-order valence-electron chi connectivity index (χ4n) is 3.04. The Labute approximate surface area is 145 Å². The number of hydrogen-bond donors (Lipinski definition) is 2. The molecule has 7 heteroatoms. The number of benzene rings is 1. The number of aromatic nitrogens is 1. The summed E-state index contributed by atoms with van der Waals surface area (Å²) in [7, 11) is 1.34. The molecule has 0 atom stereocenters. The maximum absolute atomic E-state index is 12.0. The first-order chi connectivity index (χ1) is 11.6. The molecule has 0 unspecified atom stereocenters. The van der Waals surface area contributed by atoms with E-state index in [0.29, 0.717) is 24.7 Å². The molecule has 0 saturated carbocycles. The Hall–Kier alpha value is -2.05. The number of methoxy groups -OCH3 is 1. The van der Waals surface area contributed by atoms with Gasteiger partial charge in [0.1, 0.15) is 0 Å². The molecule has 0 aliphatic carbocycles. The second-order valence-electron chi connectivity index (χ2n) is 5.91. The van der Waals surface area contributed by atoms with Crippen LogP contribution in [-0.2, 0) is 27.3 Å². The molecule has 0 saturated heterocycles. The van der Waals surface area contributed by atoms with Crippen LogP contribution in [-0.4, -0.2) is 48.5 Å². The smallest absolute Gasteiger partial charge is 0.307 e. The normalized spacial score (nSPS) is 14.4. The topological polar surface area (TPSA) is 74.4 Å². The van der Waals surface area contributed by atoms with Crippen LogP contribution in [0.2, 0.25) is 5.02 Å². The maximum Gasteiger partial charge on any atom is 0.307 e. The summed E-state index contributed by atoms with van der Waals surface area (Å²) in [5.74, 6) is -0.409. The van der Waals surface area contributed by atoms with Crippen molar-refractivity contribution < 1.29 is 14.3 Å². The van der Waals surface area contributed by atoms with Gasteiger partial charge < -0.3 is 15.0 Å². The minimum Gasteiger partial charge on any atom is -0.469 e. The number of fused-ring (bicyclic) bond motifs is 3. The van der Waals surface area contributed by atoms with Crippen molar-refractivity contribution in [1.82, 2.24) is 15.2 Å². The Bertz CT molecular complexity index is 772. The summed E-state index contributed by atoms with van der Waals surface area (Å²) in [6, 6.07) is 5.82. The monoisotopic (exact) mass is 349 g/mol. The number of esters is 1. The quantitative estimate of drug-likeness (QED) is 0.808. The fourth-order valence-corrected chi connectivity index (χ4v) is 3.21. The van der Waals surface area contributed by atoms with Gasteiger partial charge >= 0.3 is 5.97 Å². The van der Waals surface area contributed by atoms with E-state index in [4.69, 9.17) is 11.6 Å². The van der Waals surface area contributed by atoms with Gasteiger partial charge in [0.2, 0.25) is 5.91 Å². The van der Waals surface area contributed by atoms with Gasteiger partial charge in [-0.2, -0.15) is 0 Å². The number of carbonyl (C=O) groups is 2. The Morgan fingerprint density at radius 3 is 3.04 bits per heavy atom. The van der Waals surface area contributed by atoms with Crippen LogP contribution in [0.15, 0.2) is 18.2 Å². The average molecular weight is 350 g/mol. The number of aromatic amines is 1. The van der Waals surface area contributed by atoms with E-state index >= 15 is 0 Å². The molecule has 1 aromatic carbocycles. The highest BCUT2D eigenvalue weighted by Gasteiger charge is 2.22.